The number of aliphatic carboxylic acids is 1. The monoisotopic (exact) mass is 437 g/mol. The van der Waals surface area contributed by atoms with Gasteiger partial charge in [0.1, 0.15) is 6.04 Å². The van der Waals surface area contributed by atoms with Crippen molar-refractivity contribution in [2.75, 3.05) is 13.6 Å². The summed E-state index contributed by atoms with van der Waals surface area (Å²) in [5.74, 6) is -0.804. The van der Waals surface area contributed by atoms with Crippen LogP contribution >= 0.6 is 0 Å². The highest BCUT2D eigenvalue weighted by atomic mass is 16.4. The predicted molar refractivity (Wildman–Crippen MR) is 124 cm³/mol. The van der Waals surface area contributed by atoms with Crippen molar-refractivity contribution in [3.63, 3.8) is 0 Å². The Bertz CT molecular complexity index is 672. The van der Waals surface area contributed by atoms with E-state index in [9.17, 15) is 19.5 Å². The summed E-state index contributed by atoms with van der Waals surface area (Å²) >= 11 is 0. The lowest BCUT2D eigenvalue weighted by atomic mass is 9.91. The summed E-state index contributed by atoms with van der Waals surface area (Å²) in [5, 5.41) is 12.3. The zero-order chi connectivity index (χ0) is 24.0. The minimum Gasteiger partial charge on any atom is -0.478 e. The molecular weight excluding hydrogens is 394 g/mol. The molecule has 31 heavy (non-hydrogen) atoms. The van der Waals surface area contributed by atoms with Gasteiger partial charge in [-0.1, -0.05) is 40.7 Å². The lowest BCUT2D eigenvalue weighted by Crippen LogP contribution is -2.59. The highest BCUT2D eigenvalue weighted by Gasteiger charge is 2.37. The molecule has 0 saturated carbocycles. The molecule has 2 amide bonds. The summed E-state index contributed by atoms with van der Waals surface area (Å²) in [7, 11) is 1.68. The van der Waals surface area contributed by atoms with Crippen LogP contribution in [-0.2, 0) is 14.4 Å². The second kappa shape index (κ2) is 11.7. The first-order valence-corrected chi connectivity index (χ1v) is 11.5. The van der Waals surface area contributed by atoms with Gasteiger partial charge in [-0.15, -0.1) is 0 Å². The Kier molecular flexibility index (Phi) is 10.2. The number of carboxylic acid groups (broad SMARTS) is 1. The molecule has 178 valence electrons. The standard InChI is InChI=1S/C24H43N3O4/c1-14(2)20(12-18(8)24(30)31)26(9)23(29)21(15(3)4)25-22(28)19-11-10-17(7)13-27(19)16(5)6/h12,14-17,19-21H,10-11,13H2,1-9H3,(H,25,28)(H,30,31)/b18-12+/t17-,19?,20-,21?/m1/s1. The van der Waals surface area contributed by atoms with Gasteiger partial charge in [-0.3, -0.25) is 14.5 Å². The minimum atomic E-state index is -1.000. The second-order valence-corrected chi connectivity index (χ2v) is 10.1. The van der Waals surface area contributed by atoms with Gasteiger partial charge in [-0.05, 0) is 51.4 Å². The average Bonchev–Trinajstić information content (AvgIpc) is 2.67. The molecule has 1 fully saturated rings. The lowest BCUT2D eigenvalue weighted by Gasteiger charge is -2.41. The van der Waals surface area contributed by atoms with Crippen molar-refractivity contribution in [1.29, 1.82) is 0 Å². The van der Waals surface area contributed by atoms with E-state index in [1.165, 1.54) is 6.92 Å². The molecule has 1 heterocycles. The maximum Gasteiger partial charge on any atom is 0.331 e. The van der Waals surface area contributed by atoms with Crippen LogP contribution in [0.25, 0.3) is 0 Å². The van der Waals surface area contributed by atoms with Gasteiger partial charge in [0, 0.05) is 25.2 Å². The normalized spacial score (nSPS) is 22.5. The van der Waals surface area contributed by atoms with Crippen LogP contribution < -0.4 is 5.32 Å². The van der Waals surface area contributed by atoms with E-state index in [-0.39, 0.29) is 47.3 Å². The van der Waals surface area contributed by atoms with Crippen LogP contribution in [0.1, 0.15) is 68.2 Å². The van der Waals surface area contributed by atoms with Crippen LogP contribution in [0.3, 0.4) is 0 Å². The molecule has 2 unspecified atom stereocenters. The van der Waals surface area contributed by atoms with Crippen LogP contribution in [0.4, 0.5) is 0 Å². The second-order valence-electron chi connectivity index (χ2n) is 10.1. The molecule has 1 aliphatic heterocycles. The minimum absolute atomic E-state index is 0.0306. The molecule has 1 aliphatic rings. The van der Waals surface area contributed by atoms with Gasteiger partial charge in [0.05, 0.1) is 12.1 Å². The van der Waals surface area contributed by atoms with Gasteiger partial charge in [-0.2, -0.15) is 0 Å². The number of hydrogen-bond acceptors (Lipinski definition) is 4. The Morgan fingerprint density at radius 1 is 1.06 bits per heavy atom. The Labute approximate surface area is 188 Å². The fourth-order valence-electron chi connectivity index (χ4n) is 4.25. The molecule has 0 spiro atoms. The van der Waals surface area contributed by atoms with Crippen molar-refractivity contribution in [2.45, 2.75) is 92.4 Å². The maximum absolute atomic E-state index is 13.4. The summed E-state index contributed by atoms with van der Waals surface area (Å²) in [4.78, 5) is 41.7. The number of hydrogen-bond donors (Lipinski definition) is 2. The van der Waals surface area contributed by atoms with Crippen molar-refractivity contribution in [3.05, 3.63) is 11.6 Å². The molecule has 7 heteroatoms. The van der Waals surface area contributed by atoms with E-state index in [1.807, 2.05) is 27.7 Å². The molecule has 0 radical (unpaired) electrons. The Balaban J connectivity index is 3.06. The SMILES string of the molecule is C/C(=C\[C@H](C(C)C)N(C)C(=O)C(NC(=O)C1CC[C@@H](C)CN1C(C)C)C(C)C)C(=O)O. The first-order valence-electron chi connectivity index (χ1n) is 11.5. The van der Waals surface area contributed by atoms with Gasteiger partial charge < -0.3 is 15.3 Å². The number of carbonyl (C=O) groups excluding carboxylic acids is 2. The quantitative estimate of drug-likeness (QED) is 0.541. The predicted octanol–water partition coefficient (Wildman–Crippen LogP) is 3.15. The highest BCUT2D eigenvalue weighted by molar-refractivity contribution is 5.90. The van der Waals surface area contributed by atoms with E-state index < -0.39 is 12.0 Å². The van der Waals surface area contributed by atoms with Gasteiger partial charge in [0.25, 0.3) is 0 Å². The molecule has 2 N–H and O–H groups in total. The van der Waals surface area contributed by atoms with E-state index in [4.69, 9.17) is 0 Å². The van der Waals surface area contributed by atoms with Crippen LogP contribution in [0.5, 0.6) is 0 Å². The summed E-state index contributed by atoms with van der Waals surface area (Å²) in [6.45, 7) is 16.6. The van der Waals surface area contributed by atoms with Crippen LogP contribution in [0, 0.1) is 17.8 Å². The maximum atomic E-state index is 13.4. The molecule has 1 rings (SSSR count). The van der Waals surface area contributed by atoms with E-state index in [0.29, 0.717) is 5.92 Å². The van der Waals surface area contributed by atoms with Crippen LogP contribution in [0.2, 0.25) is 0 Å². The summed E-state index contributed by atoms with van der Waals surface area (Å²) < 4.78 is 0. The summed E-state index contributed by atoms with van der Waals surface area (Å²) in [5.41, 5.74) is 0.201. The van der Waals surface area contributed by atoms with Gasteiger partial charge in [0.2, 0.25) is 11.8 Å². The number of nitrogens with zero attached hydrogens (tertiary/aromatic N) is 2. The smallest absolute Gasteiger partial charge is 0.331 e. The number of likely N-dealkylation sites (N-methyl/N-ethyl adjacent to an activating group) is 1. The van der Waals surface area contributed by atoms with Crippen molar-refractivity contribution in [1.82, 2.24) is 15.1 Å². The van der Waals surface area contributed by atoms with Gasteiger partial charge >= 0.3 is 5.97 Å². The number of likely N-dealkylation sites (tertiary alicyclic amines) is 1. The van der Waals surface area contributed by atoms with E-state index in [1.54, 1.807) is 18.0 Å². The molecule has 0 aromatic rings. The molecule has 0 bridgehead atoms. The van der Waals surface area contributed by atoms with Crippen molar-refractivity contribution in [2.24, 2.45) is 17.8 Å². The van der Waals surface area contributed by atoms with Crippen LogP contribution in [0.15, 0.2) is 11.6 Å². The Morgan fingerprint density at radius 2 is 1.65 bits per heavy atom. The molecule has 7 nitrogen and oxygen atoms in total. The van der Waals surface area contributed by atoms with Crippen molar-refractivity contribution < 1.29 is 19.5 Å². The number of amides is 2. The third-order valence-corrected chi connectivity index (χ3v) is 6.29. The molecule has 0 aliphatic carbocycles. The van der Waals surface area contributed by atoms with E-state index in [2.05, 4.69) is 31.0 Å². The lowest BCUT2D eigenvalue weighted by molar-refractivity contribution is -0.140. The topological polar surface area (TPSA) is 90.0 Å². The van der Waals surface area contributed by atoms with E-state index in [0.717, 1.165) is 19.4 Å². The number of carboxylic acids is 1. The zero-order valence-corrected chi connectivity index (χ0v) is 20.8. The van der Waals surface area contributed by atoms with Crippen LogP contribution in [-0.4, -0.2) is 70.4 Å². The van der Waals surface area contributed by atoms with Gasteiger partial charge in [-0.25, -0.2) is 4.79 Å². The molecular formula is C24H43N3O4. The highest BCUT2D eigenvalue weighted by Crippen LogP contribution is 2.24. The molecule has 1 saturated heterocycles. The van der Waals surface area contributed by atoms with Crippen molar-refractivity contribution >= 4 is 17.8 Å². The van der Waals surface area contributed by atoms with E-state index >= 15 is 0 Å². The number of nitrogens with one attached hydrogen (secondary N) is 1. The third kappa shape index (κ3) is 7.34. The number of carbonyl (C=O) groups is 3. The van der Waals surface area contributed by atoms with Crippen molar-refractivity contribution in [3.8, 4) is 0 Å². The Hall–Kier alpha value is -1.89. The molecule has 0 aromatic heterocycles. The first kappa shape index (κ1) is 27.1. The average molecular weight is 438 g/mol. The zero-order valence-electron chi connectivity index (χ0n) is 20.8. The molecule has 0 aromatic carbocycles. The number of rotatable bonds is 9. The number of piperidine rings is 1. The molecule has 4 atom stereocenters. The van der Waals surface area contributed by atoms with Gasteiger partial charge in [0.15, 0.2) is 0 Å². The fourth-order valence-corrected chi connectivity index (χ4v) is 4.25. The Morgan fingerprint density at radius 3 is 2.10 bits per heavy atom. The third-order valence-electron chi connectivity index (χ3n) is 6.29. The summed E-state index contributed by atoms with van der Waals surface area (Å²) in [6, 6.07) is -1.01. The summed E-state index contributed by atoms with van der Waals surface area (Å²) in [6.07, 6.45) is 3.40. The largest absolute Gasteiger partial charge is 0.478 e. The fraction of sp³-hybridized carbons (Fsp3) is 0.792. The first-order chi connectivity index (χ1) is 14.3.